The molecule has 1 unspecified atom stereocenters. The second kappa shape index (κ2) is 4.27. The van der Waals surface area contributed by atoms with E-state index < -0.39 is 18.0 Å². The molecule has 0 amide bonds. The van der Waals surface area contributed by atoms with Gasteiger partial charge < -0.3 is 10.2 Å². The molecular weight excluding hydrogens is 194 g/mol. The number of aliphatic imine (C=N–C) groups is 1. The molecule has 0 bridgehead atoms. The highest BCUT2D eigenvalue weighted by Gasteiger charge is 2.22. The molecule has 0 saturated heterocycles. The van der Waals surface area contributed by atoms with Crippen molar-refractivity contribution < 1.29 is 19.8 Å². The zero-order valence-corrected chi connectivity index (χ0v) is 7.58. The minimum atomic E-state index is -1.12. The van der Waals surface area contributed by atoms with Gasteiger partial charge >= 0.3 is 11.9 Å². The van der Waals surface area contributed by atoms with Gasteiger partial charge in [0.05, 0.1) is 0 Å². The number of hydrogen-bond acceptors (Lipinski definition) is 4. The second-order valence-electron chi connectivity index (χ2n) is 2.58. The summed E-state index contributed by atoms with van der Waals surface area (Å²) >= 11 is 1.40. The first kappa shape index (κ1) is 10.0. The minimum Gasteiger partial charge on any atom is -0.480 e. The molecule has 1 aliphatic heterocycles. The van der Waals surface area contributed by atoms with E-state index >= 15 is 0 Å². The molecule has 0 saturated carbocycles. The Labute approximate surface area is 78.9 Å². The van der Waals surface area contributed by atoms with Crippen LogP contribution in [0.25, 0.3) is 0 Å². The number of carbonyl (C=O) groups is 2. The molecule has 0 spiro atoms. The van der Waals surface area contributed by atoms with Crippen LogP contribution in [0.15, 0.2) is 4.99 Å². The molecule has 6 heteroatoms. The normalized spacial score (nSPS) is 23.1. The monoisotopic (exact) mass is 203 g/mol. The summed E-state index contributed by atoms with van der Waals surface area (Å²) in [6.45, 7) is 0. The molecule has 0 radical (unpaired) electrons. The lowest BCUT2D eigenvalue weighted by molar-refractivity contribution is -0.138. The standard InChI is InChI=1S/C7H9NO4S/c9-6(10)4-1-2-13-3-5(8-4)7(11)12/h4H,1-3H2,(H,9,10)(H,11,12). The molecule has 13 heavy (non-hydrogen) atoms. The Bertz CT molecular complexity index is 263. The molecule has 0 aromatic carbocycles. The Kier molecular flexibility index (Phi) is 3.30. The minimum absolute atomic E-state index is 0.0464. The highest BCUT2D eigenvalue weighted by Crippen LogP contribution is 2.13. The van der Waals surface area contributed by atoms with Crippen molar-refractivity contribution in [1.82, 2.24) is 0 Å². The predicted octanol–water partition coefficient (Wildman–Crippen LogP) is 0.102. The fraction of sp³-hybridized carbons (Fsp3) is 0.571. The van der Waals surface area contributed by atoms with Crippen molar-refractivity contribution in [3.05, 3.63) is 0 Å². The topological polar surface area (TPSA) is 87.0 Å². The third-order valence-electron chi connectivity index (χ3n) is 1.62. The molecule has 0 aromatic rings. The number of aliphatic carboxylic acids is 2. The van der Waals surface area contributed by atoms with Crippen LogP contribution in [0.3, 0.4) is 0 Å². The summed E-state index contributed by atoms with van der Waals surface area (Å²) in [5.74, 6) is -1.25. The third-order valence-corrected chi connectivity index (χ3v) is 2.62. The highest BCUT2D eigenvalue weighted by molar-refractivity contribution is 8.00. The Hall–Kier alpha value is -1.04. The van der Waals surface area contributed by atoms with Crippen molar-refractivity contribution in [1.29, 1.82) is 0 Å². The summed E-state index contributed by atoms with van der Waals surface area (Å²) < 4.78 is 0. The van der Waals surface area contributed by atoms with Crippen molar-refractivity contribution in [2.75, 3.05) is 11.5 Å². The van der Waals surface area contributed by atoms with Crippen LogP contribution in [0, 0.1) is 0 Å². The van der Waals surface area contributed by atoms with Crippen LogP contribution < -0.4 is 0 Å². The first-order valence-corrected chi connectivity index (χ1v) is 4.87. The maximum Gasteiger partial charge on any atom is 0.350 e. The number of carboxylic acids is 2. The SMILES string of the molecule is O=C(O)C1=NC(C(=O)O)CCSC1. The van der Waals surface area contributed by atoms with Crippen molar-refractivity contribution in [2.24, 2.45) is 4.99 Å². The van der Waals surface area contributed by atoms with E-state index in [1.54, 1.807) is 0 Å². The van der Waals surface area contributed by atoms with Gasteiger partial charge in [0, 0.05) is 5.75 Å². The molecule has 0 aliphatic carbocycles. The Morgan fingerprint density at radius 3 is 2.69 bits per heavy atom. The van der Waals surface area contributed by atoms with Gasteiger partial charge in [-0.3, -0.25) is 4.99 Å². The van der Waals surface area contributed by atoms with Crippen LogP contribution in [0.5, 0.6) is 0 Å². The van der Waals surface area contributed by atoms with Gasteiger partial charge in [0.1, 0.15) is 11.8 Å². The Morgan fingerprint density at radius 1 is 1.46 bits per heavy atom. The maximum atomic E-state index is 10.6. The van der Waals surface area contributed by atoms with E-state index in [0.717, 1.165) is 0 Å². The van der Waals surface area contributed by atoms with E-state index in [9.17, 15) is 9.59 Å². The van der Waals surface area contributed by atoms with Gasteiger partial charge in [0.15, 0.2) is 0 Å². The van der Waals surface area contributed by atoms with Crippen LogP contribution in [0.1, 0.15) is 6.42 Å². The fourth-order valence-electron chi connectivity index (χ4n) is 0.949. The Balaban J connectivity index is 2.80. The molecule has 1 aliphatic rings. The maximum absolute atomic E-state index is 10.6. The number of thioether (sulfide) groups is 1. The van der Waals surface area contributed by atoms with Gasteiger partial charge in [-0.15, -0.1) is 0 Å². The highest BCUT2D eigenvalue weighted by atomic mass is 32.2. The van der Waals surface area contributed by atoms with E-state index in [4.69, 9.17) is 10.2 Å². The third kappa shape index (κ3) is 2.73. The average molecular weight is 203 g/mol. The summed E-state index contributed by atoms with van der Waals surface area (Å²) in [5.41, 5.74) is -0.0464. The Morgan fingerprint density at radius 2 is 2.15 bits per heavy atom. The first-order chi connectivity index (χ1) is 6.11. The van der Waals surface area contributed by atoms with Crippen LogP contribution in [-0.4, -0.2) is 45.4 Å². The molecule has 2 N–H and O–H groups in total. The van der Waals surface area contributed by atoms with E-state index in [0.29, 0.717) is 17.9 Å². The predicted molar refractivity (Wildman–Crippen MR) is 48.4 cm³/mol. The summed E-state index contributed by atoms with van der Waals surface area (Å²) in [6.07, 6.45) is 0.400. The van der Waals surface area contributed by atoms with Gasteiger partial charge in [-0.2, -0.15) is 11.8 Å². The van der Waals surface area contributed by atoms with Gasteiger partial charge in [-0.25, -0.2) is 9.59 Å². The number of nitrogens with zero attached hydrogens (tertiary/aromatic N) is 1. The second-order valence-corrected chi connectivity index (χ2v) is 3.68. The van der Waals surface area contributed by atoms with Crippen molar-refractivity contribution in [3.63, 3.8) is 0 Å². The van der Waals surface area contributed by atoms with Gasteiger partial charge in [-0.05, 0) is 12.2 Å². The molecule has 1 heterocycles. The molecule has 5 nitrogen and oxygen atoms in total. The summed E-state index contributed by atoms with van der Waals surface area (Å²) in [4.78, 5) is 24.8. The van der Waals surface area contributed by atoms with Crippen molar-refractivity contribution in [3.8, 4) is 0 Å². The van der Waals surface area contributed by atoms with Crippen molar-refractivity contribution in [2.45, 2.75) is 12.5 Å². The lowest BCUT2D eigenvalue weighted by Crippen LogP contribution is -2.22. The van der Waals surface area contributed by atoms with Gasteiger partial charge in [0.2, 0.25) is 0 Å². The molecule has 0 aromatic heterocycles. The number of rotatable bonds is 2. The van der Waals surface area contributed by atoms with Gasteiger partial charge in [0.25, 0.3) is 0 Å². The smallest absolute Gasteiger partial charge is 0.350 e. The van der Waals surface area contributed by atoms with Crippen LogP contribution in [-0.2, 0) is 9.59 Å². The summed E-state index contributed by atoms with van der Waals surface area (Å²) in [5, 5.41) is 17.3. The number of carboxylic acid groups (broad SMARTS) is 2. The molecule has 72 valence electrons. The van der Waals surface area contributed by atoms with Crippen molar-refractivity contribution >= 4 is 29.4 Å². The average Bonchev–Trinajstić information content (AvgIpc) is 2.28. The number of hydrogen-bond donors (Lipinski definition) is 2. The molecule has 0 fully saturated rings. The lowest BCUT2D eigenvalue weighted by Gasteiger charge is -2.02. The largest absolute Gasteiger partial charge is 0.480 e. The molecular formula is C7H9NO4S. The van der Waals surface area contributed by atoms with Crippen LogP contribution >= 0.6 is 11.8 Å². The first-order valence-electron chi connectivity index (χ1n) is 3.72. The zero-order valence-electron chi connectivity index (χ0n) is 6.77. The molecule has 1 atom stereocenters. The quantitative estimate of drug-likeness (QED) is 0.664. The van der Waals surface area contributed by atoms with Crippen LogP contribution in [0.2, 0.25) is 0 Å². The summed E-state index contributed by atoms with van der Waals surface area (Å²) in [7, 11) is 0. The lowest BCUT2D eigenvalue weighted by atomic mass is 10.2. The molecule has 1 rings (SSSR count). The van der Waals surface area contributed by atoms with E-state index in [1.807, 2.05) is 0 Å². The van der Waals surface area contributed by atoms with Gasteiger partial charge in [-0.1, -0.05) is 0 Å². The zero-order chi connectivity index (χ0) is 9.84. The van der Waals surface area contributed by atoms with E-state index in [2.05, 4.69) is 4.99 Å². The van der Waals surface area contributed by atoms with E-state index in [-0.39, 0.29) is 5.71 Å². The van der Waals surface area contributed by atoms with E-state index in [1.165, 1.54) is 11.8 Å². The summed E-state index contributed by atoms with van der Waals surface area (Å²) in [6, 6.07) is -0.888. The fourth-order valence-corrected chi connectivity index (χ4v) is 1.88. The van der Waals surface area contributed by atoms with Crippen LogP contribution in [0.4, 0.5) is 0 Å².